The predicted molar refractivity (Wildman–Crippen MR) is 97.5 cm³/mol. The molecule has 0 spiro atoms. The number of nitriles is 1. The molecule has 1 aromatic heterocycles. The zero-order chi connectivity index (χ0) is 17.6. The fourth-order valence-electron chi connectivity index (χ4n) is 4.27. The van der Waals surface area contributed by atoms with E-state index >= 15 is 0 Å². The van der Waals surface area contributed by atoms with Crippen LogP contribution in [0.1, 0.15) is 25.0 Å². The third-order valence-electron chi connectivity index (χ3n) is 5.54. The van der Waals surface area contributed by atoms with E-state index in [1.165, 1.54) is 10.9 Å². The van der Waals surface area contributed by atoms with Gasteiger partial charge in [0.05, 0.1) is 12.0 Å². The second-order valence-corrected chi connectivity index (χ2v) is 6.75. The van der Waals surface area contributed by atoms with Gasteiger partial charge in [0.2, 0.25) is 5.91 Å². The fraction of sp³-hybridized carbons (Fsp3) is 0.400. The van der Waals surface area contributed by atoms with E-state index < -0.39 is 0 Å². The van der Waals surface area contributed by atoms with Crippen molar-refractivity contribution in [2.24, 2.45) is 5.92 Å². The first kappa shape index (κ1) is 15.8. The van der Waals surface area contributed by atoms with E-state index in [0.29, 0.717) is 19.6 Å². The minimum atomic E-state index is -0.262. The summed E-state index contributed by atoms with van der Waals surface area (Å²) < 4.78 is 0. The minimum absolute atomic E-state index is 0.0275. The molecule has 1 unspecified atom stereocenters. The van der Waals surface area contributed by atoms with Crippen LogP contribution in [0.2, 0.25) is 0 Å². The minimum Gasteiger partial charge on any atom is -0.361 e. The van der Waals surface area contributed by atoms with Crippen molar-refractivity contribution in [2.75, 3.05) is 19.6 Å². The SMILES string of the molecule is CCN(CC)C(=O)[C@@H]1C=C2c3cccc4[nH]cc(c34)CC2N(C#N)C1. The largest absolute Gasteiger partial charge is 0.361 e. The van der Waals surface area contributed by atoms with Crippen LogP contribution in [0, 0.1) is 17.4 Å². The van der Waals surface area contributed by atoms with Crippen LogP contribution in [0.25, 0.3) is 16.5 Å². The lowest BCUT2D eigenvalue weighted by Crippen LogP contribution is -2.47. The molecule has 1 aromatic carbocycles. The molecular formula is C20H22N4O. The molecule has 0 fully saturated rings. The summed E-state index contributed by atoms with van der Waals surface area (Å²) >= 11 is 0. The zero-order valence-electron chi connectivity index (χ0n) is 14.6. The number of fused-ring (bicyclic) bond motifs is 2. The number of hydrogen-bond donors (Lipinski definition) is 1. The number of benzene rings is 1. The molecule has 5 heteroatoms. The molecule has 1 aliphatic carbocycles. The van der Waals surface area contributed by atoms with Gasteiger partial charge in [0.25, 0.3) is 0 Å². The highest BCUT2D eigenvalue weighted by atomic mass is 16.2. The normalized spacial score (nSPS) is 21.5. The molecule has 0 saturated heterocycles. The lowest BCUT2D eigenvalue weighted by molar-refractivity contribution is -0.134. The fourth-order valence-corrected chi connectivity index (χ4v) is 4.27. The Balaban J connectivity index is 1.83. The number of H-pyrrole nitrogens is 1. The average molecular weight is 334 g/mol. The molecule has 2 heterocycles. The van der Waals surface area contributed by atoms with Gasteiger partial charge in [-0.05, 0) is 43.0 Å². The van der Waals surface area contributed by atoms with E-state index in [0.717, 1.165) is 23.1 Å². The van der Waals surface area contributed by atoms with Gasteiger partial charge in [-0.3, -0.25) is 4.79 Å². The molecule has 25 heavy (non-hydrogen) atoms. The highest BCUT2D eigenvalue weighted by molar-refractivity contribution is 5.99. The van der Waals surface area contributed by atoms with Crippen molar-refractivity contribution >= 4 is 22.4 Å². The molecular weight excluding hydrogens is 312 g/mol. The van der Waals surface area contributed by atoms with Gasteiger partial charge < -0.3 is 14.8 Å². The Hall–Kier alpha value is -2.74. The quantitative estimate of drug-likeness (QED) is 0.878. The summed E-state index contributed by atoms with van der Waals surface area (Å²) in [5.74, 6) is -0.148. The maximum atomic E-state index is 12.9. The van der Waals surface area contributed by atoms with Crippen molar-refractivity contribution in [3.63, 3.8) is 0 Å². The lowest BCUT2D eigenvalue weighted by Gasteiger charge is -2.39. The van der Waals surface area contributed by atoms with E-state index in [1.807, 2.05) is 31.0 Å². The summed E-state index contributed by atoms with van der Waals surface area (Å²) in [5, 5.41) is 10.9. The molecule has 2 aromatic rings. The van der Waals surface area contributed by atoms with E-state index in [2.05, 4.69) is 29.4 Å². The molecule has 2 atom stereocenters. The summed E-state index contributed by atoms with van der Waals surface area (Å²) in [6.45, 7) is 5.85. The maximum Gasteiger partial charge on any atom is 0.231 e. The molecule has 1 amide bonds. The van der Waals surface area contributed by atoms with Crippen LogP contribution in [-0.4, -0.2) is 46.4 Å². The van der Waals surface area contributed by atoms with Crippen LogP contribution in [0.3, 0.4) is 0 Å². The van der Waals surface area contributed by atoms with E-state index in [9.17, 15) is 10.1 Å². The van der Waals surface area contributed by atoms with Crippen LogP contribution in [-0.2, 0) is 11.2 Å². The second-order valence-electron chi connectivity index (χ2n) is 6.75. The monoisotopic (exact) mass is 334 g/mol. The van der Waals surface area contributed by atoms with Crippen molar-refractivity contribution in [1.82, 2.24) is 14.8 Å². The predicted octanol–water partition coefficient (Wildman–Crippen LogP) is 2.76. The van der Waals surface area contributed by atoms with Crippen molar-refractivity contribution in [3.8, 4) is 6.19 Å². The first-order chi connectivity index (χ1) is 12.2. The Labute approximate surface area is 147 Å². The number of rotatable bonds is 3. The van der Waals surface area contributed by atoms with E-state index in [-0.39, 0.29) is 17.9 Å². The Kier molecular flexibility index (Phi) is 3.76. The van der Waals surface area contributed by atoms with Crippen LogP contribution >= 0.6 is 0 Å². The Morgan fingerprint density at radius 3 is 2.92 bits per heavy atom. The number of nitrogens with zero attached hydrogens (tertiary/aromatic N) is 3. The third-order valence-corrected chi connectivity index (χ3v) is 5.54. The van der Waals surface area contributed by atoms with Gasteiger partial charge in [-0.15, -0.1) is 0 Å². The number of carbonyl (C=O) groups excluding carboxylic acids is 1. The van der Waals surface area contributed by atoms with Gasteiger partial charge in [-0.25, -0.2) is 0 Å². The highest BCUT2D eigenvalue weighted by Gasteiger charge is 2.37. The summed E-state index contributed by atoms with van der Waals surface area (Å²) in [6, 6.07) is 6.25. The Bertz CT molecular complexity index is 900. The average Bonchev–Trinajstić information content (AvgIpc) is 3.06. The van der Waals surface area contributed by atoms with Crippen LogP contribution < -0.4 is 0 Å². The number of nitrogens with one attached hydrogen (secondary N) is 1. The second kappa shape index (κ2) is 5.96. The summed E-state index contributed by atoms with van der Waals surface area (Å²) in [7, 11) is 0. The third kappa shape index (κ3) is 2.32. The number of aromatic nitrogens is 1. The molecule has 1 N–H and O–H groups in total. The summed E-state index contributed by atoms with van der Waals surface area (Å²) in [6.07, 6.45) is 7.30. The standard InChI is InChI=1S/C20H22N4O/c1-3-23(4-2)20(25)14-8-16-15-6-5-7-17-19(15)13(10-22-17)9-18(16)24(11-14)12-21/h5-8,10,14,18,22H,3-4,9,11H2,1-2H3/t14-,18?/m1/s1. The molecule has 0 saturated carbocycles. The lowest BCUT2D eigenvalue weighted by atomic mass is 9.79. The van der Waals surface area contributed by atoms with Crippen LogP contribution in [0.4, 0.5) is 0 Å². The van der Waals surface area contributed by atoms with Crippen molar-refractivity contribution in [3.05, 3.63) is 41.6 Å². The van der Waals surface area contributed by atoms with Crippen LogP contribution in [0.5, 0.6) is 0 Å². The number of hydrogen-bond acceptors (Lipinski definition) is 3. The Morgan fingerprint density at radius 1 is 1.40 bits per heavy atom. The van der Waals surface area contributed by atoms with Crippen molar-refractivity contribution in [2.45, 2.75) is 26.3 Å². The van der Waals surface area contributed by atoms with Crippen molar-refractivity contribution in [1.29, 1.82) is 5.26 Å². The van der Waals surface area contributed by atoms with Gasteiger partial charge in [-0.1, -0.05) is 18.2 Å². The van der Waals surface area contributed by atoms with Crippen LogP contribution in [0.15, 0.2) is 30.5 Å². The molecule has 1 aliphatic heterocycles. The number of carbonyl (C=O) groups is 1. The van der Waals surface area contributed by atoms with Gasteiger partial charge in [-0.2, -0.15) is 5.26 Å². The molecule has 0 radical (unpaired) electrons. The zero-order valence-corrected chi connectivity index (χ0v) is 14.6. The van der Waals surface area contributed by atoms with Gasteiger partial charge in [0.1, 0.15) is 0 Å². The molecule has 2 aliphatic rings. The summed E-state index contributed by atoms with van der Waals surface area (Å²) in [4.78, 5) is 19.8. The van der Waals surface area contributed by atoms with E-state index in [1.54, 1.807) is 4.90 Å². The number of aromatic amines is 1. The first-order valence-electron chi connectivity index (χ1n) is 8.94. The molecule has 0 bridgehead atoms. The van der Waals surface area contributed by atoms with Gasteiger partial charge >= 0.3 is 0 Å². The van der Waals surface area contributed by atoms with Crippen molar-refractivity contribution < 1.29 is 4.79 Å². The molecule has 5 nitrogen and oxygen atoms in total. The molecule has 4 rings (SSSR count). The smallest absolute Gasteiger partial charge is 0.231 e. The molecule has 128 valence electrons. The summed E-state index contributed by atoms with van der Waals surface area (Å²) in [5.41, 5.74) is 4.65. The van der Waals surface area contributed by atoms with E-state index in [4.69, 9.17) is 0 Å². The first-order valence-corrected chi connectivity index (χ1v) is 8.94. The number of amides is 1. The highest BCUT2D eigenvalue weighted by Crippen LogP contribution is 2.41. The maximum absolute atomic E-state index is 12.9. The van der Waals surface area contributed by atoms with Gasteiger partial charge in [0.15, 0.2) is 6.19 Å². The Morgan fingerprint density at radius 2 is 2.20 bits per heavy atom. The topological polar surface area (TPSA) is 63.1 Å². The van der Waals surface area contributed by atoms with Gasteiger partial charge in [0, 0.05) is 36.7 Å².